The zero-order valence-corrected chi connectivity index (χ0v) is 21.7. The lowest BCUT2D eigenvalue weighted by molar-refractivity contribution is 0.0601. The molecule has 2 N–H and O–H groups in total. The fraction of sp³-hybridized carbons (Fsp3) is 0.435. The molecule has 0 radical (unpaired) electrons. The molecule has 2 aromatic rings. The van der Waals surface area contributed by atoms with Gasteiger partial charge in [-0.15, -0.1) is 11.3 Å². The third-order valence-electron chi connectivity index (χ3n) is 5.26. The van der Waals surface area contributed by atoms with E-state index in [2.05, 4.69) is 10.6 Å². The van der Waals surface area contributed by atoms with Gasteiger partial charge in [0.05, 0.1) is 37.8 Å². The van der Waals surface area contributed by atoms with Crippen molar-refractivity contribution in [2.75, 3.05) is 39.7 Å². The van der Waals surface area contributed by atoms with E-state index in [4.69, 9.17) is 26.4 Å². The van der Waals surface area contributed by atoms with Gasteiger partial charge in [-0.25, -0.2) is 4.79 Å². The lowest BCUT2D eigenvalue weighted by atomic mass is 10.1. The van der Waals surface area contributed by atoms with E-state index < -0.39 is 5.97 Å². The summed E-state index contributed by atoms with van der Waals surface area (Å²) < 4.78 is 15.6. The van der Waals surface area contributed by atoms with Crippen LogP contribution in [-0.4, -0.2) is 56.3 Å². The van der Waals surface area contributed by atoms with Crippen LogP contribution in [0.1, 0.15) is 58.0 Å². The number of nitrogens with one attached hydrogen (secondary N) is 2. The molecule has 1 aromatic heterocycles. The Morgan fingerprint density at radius 2 is 1.76 bits per heavy atom. The Kier molecular flexibility index (Phi) is 9.48. The third kappa shape index (κ3) is 5.94. The highest BCUT2D eigenvalue weighted by Gasteiger charge is 2.27. The number of anilines is 1. The number of hydrogen-bond donors (Lipinski definition) is 2. The summed E-state index contributed by atoms with van der Waals surface area (Å²) in [5.41, 5.74) is 1.81. The van der Waals surface area contributed by atoms with Gasteiger partial charge >= 0.3 is 5.97 Å². The number of rotatable bonds is 9. The van der Waals surface area contributed by atoms with E-state index in [0.717, 1.165) is 5.56 Å². The van der Waals surface area contributed by atoms with E-state index in [1.165, 1.54) is 18.4 Å². The SMILES string of the molecule is CCN(CC)C(=O)c1sc(NC(=S)NC(C)c2ccc(OC)c(OC)c2)c(C(=O)OC)c1C. The highest BCUT2D eigenvalue weighted by Crippen LogP contribution is 2.35. The minimum atomic E-state index is -0.527. The van der Waals surface area contributed by atoms with Crippen molar-refractivity contribution in [1.29, 1.82) is 0 Å². The maximum Gasteiger partial charge on any atom is 0.341 e. The summed E-state index contributed by atoms with van der Waals surface area (Å²) in [6, 6.07) is 5.45. The van der Waals surface area contributed by atoms with Crippen LogP contribution in [-0.2, 0) is 4.74 Å². The molecule has 1 amide bonds. The normalized spacial score (nSPS) is 11.4. The second-order valence-electron chi connectivity index (χ2n) is 7.16. The molecular formula is C23H31N3O5S2. The number of benzene rings is 1. The number of esters is 1. The van der Waals surface area contributed by atoms with Crippen molar-refractivity contribution in [3.8, 4) is 11.5 Å². The molecule has 1 aromatic carbocycles. The van der Waals surface area contributed by atoms with Gasteiger partial charge in [0.25, 0.3) is 5.91 Å². The lowest BCUT2D eigenvalue weighted by Crippen LogP contribution is -2.31. The van der Waals surface area contributed by atoms with Gasteiger partial charge in [-0.3, -0.25) is 4.79 Å². The fourth-order valence-electron chi connectivity index (χ4n) is 3.35. The van der Waals surface area contributed by atoms with Crippen molar-refractivity contribution in [3.05, 3.63) is 39.8 Å². The first-order valence-corrected chi connectivity index (χ1v) is 11.7. The van der Waals surface area contributed by atoms with Crippen LogP contribution in [0.5, 0.6) is 11.5 Å². The first-order valence-electron chi connectivity index (χ1n) is 10.5. The van der Waals surface area contributed by atoms with E-state index in [9.17, 15) is 9.59 Å². The Morgan fingerprint density at radius 3 is 2.30 bits per heavy atom. The number of amides is 1. The number of carbonyl (C=O) groups excluding carboxylic acids is 2. The Balaban J connectivity index is 2.28. The second-order valence-corrected chi connectivity index (χ2v) is 8.59. The van der Waals surface area contributed by atoms with E-state index >= 15 is 0 Å². The Labute approximate surface area is 204 Å². The smallest absolute Gasteiger partial charge is 0.341 e. The number of methoxy groups -OCH3 is 3. The molecule has 1 heterocycles. The van der Waals surface area contributed by atoms with Gasteiger partial charge in [-0.2, -0.15) is 0 Å². The van der Waals surface area contributed by atoms with Crippen molar-refractivity contribution < 1.29 is 23.8 Å². The zero-order valence-electron chi connectivity index (χ0n) is 20.0. The van der Waals surface area contributed by atoms with Crippen LogP contribution in [0.2, 0.25) is 0 Å². The van der Waals surface area contributed by atoms with Crippen LogP contribution in [0.25, 0.3) is 0 Å². The molecule has 1 atom stereocenters. The lowest BCUT2D eigenvalue weighted by Gasteiger charge is -2.19. The van der Waals surface area contributed by atoms with Gasteiger partial charge in [-0.05, 0) is 63.2 Å². The Morgan fingerprint density at radius 1 is 1.12 bits per heavy atom. The average Bonchev–Trinajstić information content (AvgIpc) is 3.13. The second kappa shape index (κ2) is 11.9. The van der Waals surface area contributed by atoms with Crippen LogP contribution in [0, 0.1) is 6.92 Å². The number of ether oxygens (including phenoxy) is 3. The maximum atomic E-state index is 13.0. The van der Waals surface area contributed by atoms with E-state index in [1.807, 2.05) is 39.0 Å². The summed E-state index contributed by atoms with van der Waals surface area (Å²) in [7, 11) is 4.47. The molecule has 8 nitrogen and oxygen atoms in total. The van der Waals surface area contributed by atoms with Crippen LogP contribution in [0.15, 0.2) is 18.2 Å². The van der Waals surface area contributed by atoms with Crippen molar-refractivity contribution in [2.45, 2.75) is 33.7 Å². The van der Waals surface area contributed by atoms with Crippen LogP contribution in [0.4, 0.5) is 5.00 Å². The quantitative estimate of drug-likeness (QED) is 0.393. The Bertz CT molecular complexity index is 1020. The largest absolute Gasteiger partial charge is 0.493 e. The predicted octanol–water partition coefficient (Wildman–Crippen LogP) is 4.39. The minimum absolute atomic E-state index is 0.127. The molecule has 0 fully saturated rings. The van der Waals surface area contributed by atoms with Crippen molar-refractivity contribution >= 4 is 45.5 Å². The van der Waals surface area contributed by atoms with Crippen molar-refractivity contribution in [2.24, 2.45) is 0 Å². The topological polar surface area (TPSA) is 89.1 Å². The number of thiophene rings is 1. The molecule has 0 bridgehead atoms. The molecule has 33 heavy (non-hydrogen) atoms. The summed E-state index contributed by atoms with van der Waals surface area (Å²) in [5.74, 6) is 0.596. The maximum absolute atomic E-state index is 13.0. The molecule has 0 saturated heterocycles. The summed E-state index contributed by atoms with van der Waals surface area (Å²) in [5, 5.41) is 7.06. The van der Waals surface area contributed by atoms with Crippen molar-refractivity contribution in [3.63, 3.8) is 0 Å². The van der Waals surface area contributed by atoms with Crippen molar-refractivity contribution in [1.82, 2.24) is 10.2 Å². The highest BCUT2D eigenvalue weighted by atomic mass is 32.1. The third-order valence-corrected chi connectivity index (χ3v) is 6.68. The molecule has 0 aliphatic heterocycles. The molecule has 0 aliphatic carbocycles. The summed E-state index contributed by atoms with van der Waals surface area (Å²) >= 11 is 6.69. The summed E-state index contributed by atoms with van der Waals surface area (Å²) in [6.07, 6.45) is 0. The summed E-state index contributed by atoms with van der Waals surface area (Å²) in [6.45, 7) is 8.68. The highest BCUT2D eigenvalue weighted by molar-refractivity contribution is 7.80. The van der Waals surface area contributed by atoms with Crippen LogP contribution >= 0.6 is 23.6 Å². The van der Waals surface area contributed by atoms with Gasteiger partial charge in [0.1, 0.15) is 5.00 Å². The van der Waals surface area contributed by atoms with Crippen LogP contribution < -0.4 is 20.1 Å². The predicted molar refractivity (Wildman–Crippen MR) is 135 cm³/mol. The molecular weight excluding hydrogens is 462 g/mol. The van der Waals surface area contributed by atoms with Gasteiger partial charge in [0, 0.05) is 13.1 Å². The summed E-state index contributed by atoms with van der Waals surface area (Å²) in [4.78, 5) is 27.6. The number of thiocarbonyl (C=S) groups is 1. The van der Waals surface area contributed by atoms with Gasteiger partial charge in [-0.1, -0.05) is 6.07 Å². The molecule has 0 aliphatic rings. The molecule has 0 spiro atoms. The molecule has 1 unspecified atom stereocenters. The molecule has 0 saturated carbocycles. The standard InChI is InChI=1S/C23H31N3O5S2/c1-8-26(9-2)21(27)19-13(3)18(22(28)31-7)20(33-19)25-23(32)24-14(4)15-10-11-16(29-5)17(12-15)30-6/h10-12,14H,8-9H2,1-7H3,(H2,24,25,32). The zero-order chi connectivity index (χ0) is 24.7. The monoisotopic (exact) mass is 493 g/mol. The first kappa shape index (κ1) is 26.4. The van der Waals surface area contributed by atoms with Gasteiger partial charge in [0.2, 0.25) is 0 Å². The number of hydrogen-bond acceptors (Lipinski definition) is 7. The molecule has 180 valence electrons. The fourth-order valence-corrected chi connectivity index (χ4v) is 4.86. The van der Waals surface area contributed by atoms with Gasteiger partial charge in [0.15, 0.2) is 16.6 Å². The van der Waals surface area contributed by atoms with E-state index in [0.29, 0.717) is 50.7 Å². The van der Waals surface area contributed by atoms with Gasteiger partial charge < -0.3 is 29.7 Å². The molecule has 10 heteroatoms. The van der Waals surface area contributed by atoms with E-state index in [-0.39, 0.29) is 11.9 Å². The average molecular weight is 494 g/mol. The number of nitrogens with zero attached hydrogens (tertiary/aromatic N) is 1. The Hall–Kier alpha value is -2.85. The van der Waals surface area contributed by atoms with Crippen LogP contribution in [0.3, 0.4) is 0 Å². The van der Waals surface area contributed by atoms with E-state index in [1.54, 1.807) is 26.0 Å². The molecule has 2 rings (SSSR count). The first-order chi connectivity index (χ1) is 15.7. The number of carbonyl (C=O) groups is 2. The minimum Gasteiger partial charge on any atom is -0.493 e.